The van der Waals surface area contributed by atoms with Crippen LogP contribution in [0.3, 0.4) is 0 Å². The fourth-order valence-corrected chi connectivity index (χ4v) is 4.05. The molecule has 0 amide bonds. The molecule has 0 aromatic rings. The van der Waals surface area contributed by atoms with E-state index in [-0.39, 0.29) is 11.4 Å². The van der Waals surface area contributed by atoms with Crippen molar-refractivity contribution in [3.05, 3.63) is 22.8 Å². The SMILES string of the molecule is CCOC12C=C3CCCC(C)C3(C)CC1=C(C)C(=O)O2. The molecule has 0 radical (unpaired) electrons. The molecule has 3 nitrogen and oxygen atoms in total. The number of rotatable bonds is 2. The molecule has 0 aromatic carbocycles. The third kappa shape index (κ3) is 1.72. The number of carbonyl (C=O) groups is 1. The van der Waals surface area contributed by atoms with Gasteiger partial charge < -0.3 is 9.47 Å². The summed E-state index contributed by atoms with van der Waals surface area (Å²) < 4.78 is 11.5. The molecule has 3 atom stereocenters. The third-order valence-corrected chi connectivity index (χ3v) is 5.60. The third-order valence-electron chi connectivity index (χ3n) is 5.60. The molecule has 1 fully saturated rings. The van der Waals surface area contributed by atoms with E-state index in [4.69, 9.17) is 9.47 Å². The standard InChI is InChI=1S/C17H24O3/c1-5-19-17-9-13-8-6-7-11(2)16(13,4)10-14(17)12(3)15(18)20-17/h9,11H,5-8,10H2,1-4H3. The van der Waals surface area contributed by atoms with E-state index in [2.05, 4.69) is 19.9 Å². The van der Waals surface area contributed by atoms with Crippen LogP contribution in [0.25, 0.3) is 0 Å². The molecule has 0 bridgehead atoms. The zero-order valence-electron chi connectivity index (χ0n) is 12.9. The van der Waals surface area contributed by atoms with E-state index in [1.807, 2.05) is 13.8 Å². The summed E-state index contributed by atoms with van der Waals surface area (Å²) in [4.78, 5) is 12.0. The number of hydrogen-bond acceptors (Lipinski definition) is 3. The van der Waals surface area contributed by atoms with Crippen molar-refractivity contribution >= 4 is 5.97 Å². The van der Waals surface area contributed by atoms with Crippen LogP contribution in [0, 0.1) is 11.3 Å². The summed E-state index contributed by atoms with van der Waals surface area (Å²) in [5.41, 5.74) is 3.36. The van der Waals surface area contributed by atoms with Crippen molar-refractivity contribution in [2.75, 3.05) is 6.61 Å². The molecule has 20 heavy (non-hydrogen) atoms. The smallest absolute Gasteiger partial charge is 0.336 e. The predicted molar refractivity (Wildman–Crippen MR) is 77.0 cm³/mol. The predicted octanol–water partition coefficient (Wildman–Crippen LogP) is 3.75. The van der Waals surface area contributed by atoms with Crippen molar-refractivity contribution in [2.45, 2.75) is 59.2 Å². The van der Waals surface area contributed by atoms with E-state index in [0.717, 1.165) is 24.0 Å². The second-order valence-corrected chi connectivity index (χ2v) is 6.65. The van der Waals surface area contributed by atoms with Crippen LogP contribution in [0.2, 0.25) is 0 Å². The molecule has 1 heterocycles. The van der Waals surface area contributed by atoms with E-state index in [1.54, 1.807) is 0 Å². The van der Waals surface area contributed by atoms with Gasteiger partial charge in [-0.2, -0.15) is 0 Å². The van der Waals surface area contributed by atoms with Crippen LogP contribution in [0.1, 0.15) is 53.4 Å². The van der Waals surface area contributed by atoms with E-state index in [0.29, 0.717) is 12.5 Å². The molecule has 3 aliphatic rings. The van der Waals surface area contributed by atoms with E-state index in [9.17, 15) is 4.79 Å². The fraction of sp³-hybridized carbons (Fsp3) is 0.706. The average Bonchev–Trinajstić information content (AvgIpc) is 2.62. The Kier molecular flexibility index (Phi) is 3.09. The van der Waals surface area contributed by atoms with Crippen LogP contribution in [0.5, 0.6) is 0 Å². The van der Waals surface area contributed by atoms with Crippen LogP contribution in [0.15, 0.2) is 22.8 Å². The monoisotopic (exact) mass is 276 g/mol. The molecule has 1 saturated carbocycles. The van der Waals surface area contributed by atoms with Gasteiger partial charge in [0, 0.05) is 17.8 Å². The highest BCUT2D eigenvalue weighted by atomic mass is 16.7. The van der Waals surface area contributed by atoms with Gasteiger partial charge in [-0.3, -0.25) is 0 Å². The number of hydrogen-bond donors (Lipinski definition) is 0. The zero-order valence-corrected chi connectivity index (χ0v) is 12.9. The normalized spacial score (nSPS) is 40.1. The van der Waals surface area contributed by atoms with Gasteiger partial charge in [-0.25, -0.2) is 4.79 Å². The van der Waals surface area contributed by atoms with Gasteiger partial charge in [-0.05, 0) is 56.9 Å². The lowest BCUT2D eigenvalue weighted by atomic mass is 9.58. The first kappa shape index (κ1) is 13.9. The zero-order chi connectivity index (χ0) is 14.5. The van der Waals surface area contributed by atoms with Crippen LogP contribution in [-0.2, 0) is 14.3 Å². The lowest BCUT2D eigenvalue weighted by Gasteiger charge is -2.48. The van der Waals surface area contributed by atoms with Crippen molar-refractivity contribution < 1.29 is 14.3 Å². The number of fused-ring (bicyclic) bond motifs is 2. The van der Waals surface area contributed by atoms with Gasteiger partial charge in [-0.1, -0.05) is 19.4 Å². The van der Waals surface area contributed by atoms with Gasteiger partial charge in [0.2, 0.25) is 0 Å². The molecule has 0 N–H and O–H groups in total. The van der Waals surface area contributed by atoms with Gasteiger partial charge in [-0.15, -0.1) is 0 Å². The molecule has 0 aromatic heterocycles. The topological polar surface area (TPSA) is 35.5 Å². The maximum Gasteiger partial charge on any atom is 0.336 e. The molecular formula is C17H24O3. The molecule has 110 valence electrons. The van der Waals surface area contributed by atoms with Crippen molar-refractivity contribution in [3.63, 3.8) is 0 Å². The van der Waals surface area contributed by atoms with Crippen molar-refractivity contribution in [1.29, 1.82) is 0 Å². The summed E-state index contributed by atoms with van der Waals surface area (Å²) in [6.45, 7) is 9.02. The Hall–Kier alpha value is -1.09. The Labute approximate surface area is 121 Å². The summed E-state index contributed by atoms with van der Waals surface area (Å²) in [7, 11) is 0. The Morgan fingerprint density at radius 3 is 2.95 bits per heavy atom. The Morgan fingerprint density at radius 1 is 1.50 bits per heavy atom. The first-order valence-corrected chi connectivity index (χ1v) is 7.72. The molecular weight excluding hydrogens is 252 g/mol. The van der Waals surface area contributed by atoms with Crippen LogP contribution in [0.4, 0.5) is 0 Å². The minimum Gasteiger partial charge on any atom is -0.422 e. The van der Waals surface area contributed by atoms with E-state index >= 15 is 0 Å². The summed E-state index contributed by atoms with van der Waals surface area (Å²) in [5, 5.41) is 0. The van der Waals surface area contributed by atoms with Crippen LogP contribution < -0.4 is 0 Å². The number of ether oxygens (including phenoxy) is 2. The van der Waals surface area contributed by atoms with Gasteiger partial charge in [0.15, 0.2) is 0 Å². The lowest BCUT2D eigenvalue weighted by molar-refractivity contribution is -0.185. The lowest BCUT2D eigenvalue weighted by Crippen LogP contribution is -2.44. The minimum absolute atomic E-state index is 0.156. The number of esters is 1. The molecule has 3 unspecified atom stereocenters. The molecule has 0 spiro atoms. The number of carbonyl (C=O) groups excluding carboxylic acids is 1. The fourth-order valence-electron chi connectivity index (χ4n) is 4.05. The maximum atomic E-state index is 12.0. The van der Waals surface area contributed by atoms with Gasteiger partial charge in [0.05, 0.1) is 0 Å². The summed E-state index contributed by atoms with van der Waals surface area (Å²) >= 11 is 0. The van der Waals surface area contributed by atoms with E-state index in [1.165, 1.54) is 18.4 Å². The van der Waals surface area contributed by atoms with Gasteiger partial charge >= 0.3 is 5.97 Å². The number of allylic oxidation sites excluding steroid dienone is 1. The van der Waals surface area contributed by atoms with Crippen molar-refractivity contribution in [1.82, 2.24) is 0 Å². The first-order valence-electron chi connectivity index (χ1n) is 7.72. The maximum absolute atomic E-state index is 12.0. The minimum atomic E-state index is -0.901. The molecule has 3 rings (SSSR count). The van der Waals surface area contributed by atoms with Gasteiger partial charge in [0.1, 0.15) is 0 Å². The Morgan fingerprint density at radius 2 is 2.25 bits per heavy atom. The van der Waals surface area contributed by atoms with Crippen molar-refractivity contribution in [3.8, 4) is 0 Å². The quantitative estimate of drug-likeness (QED) is 0.569. The Bertz CT molecular complexity index is 516. The van der Waals surface area contributed by atoms with Crippen LogP contribution >= 0.6 is 0 Å². The molecule has 1 aliphatic heterocycles. The summed E-state index contributed by atoms with van der Waals surface area (Å²) in [6, 6.07) is 0. The highest BCUT2D eigenvalue weighted by Gasteiger charge is 2.54. The first-order chi connectivity index (χ1) is 9.43. The van der Waals surface area contributed by atoms with Gasteiger partial charge in [0.25, 0.3) is 5.79 Å². The van der Waals surface area contributed by atoms with E-state index < -0.39 is 5.79 Å². The highest BCUT2D eigenvalue weighted by molar-refractivity contribution is 5.92. The van der Waals surface area contributed by atoms with Crippen molar-refractivity contribution in [2.24, 2.45) is 11.3 Å². The average molecular weight is 276 g/mol. The largest absolute Gasteiger partial charge is 0.422 e. The summed E-state index contributed by atoms with van der Waals surface area (Å²) in [5.74, 6) is -0.486. The molecule has 0 saturated heterocycles. The second kappa shape index (κ2) is 4.45. The summed E-state index contributed by atoms with van der Waals surface area (Å²) in [6.07, 6.45) is 6.57. The highest BCUT2D eigenvalue weighted by Crippen LogP contribution is 2.57. The molecule has 3 heteroatoms. The Balaban J connectivity index is 2.13. The molecule has 2 aliphatic carbocycles. The second-order valence-electron chi connectivity index (χ2n) is 6.65. The van der Waals surface area contributed by atoms with Crippen LogP contribution in [-0.4, -0.2) is 18.4 Å².